The molecule has 1 aromatic rings. The molecular formula is C12H16ClNO3. The predicted molar refractivity (Wildman–Crippen MR) is 65.4 cm³/mol. The zero-order chi connectivity index (χ0) is 12.6. The van der Waals surface area contributed by atoms with Crippen molar-refractivity contribution in [2.75, 3.05) is 13.4 Å². The van der Waals surface area contributed by atoms with Crippen LogP contribution in [0, 0.1) is 5.41 Å². The average Bonchev–Trinajstić information content (AvgIpc) is 2.73. The lowest BCUT2D eigenvalue weighted by Crippen LogP contribution is -2.32. The third-order valence-corrected chi connectivity index (χ3v) is 3.40. The van der Waals surface area contributed by atoms with Gasteiger partial charge in [0.1, 0.15) is 0 Å². The number of benzene rings is 1. The maximum absolute atomic E-state index is 9.33. The number of aliphatic hydroxyl groups excluding tert-OH is 1. The second-order valence-electron chi connectivity index (χ2n) is 4.85. The van der Waals surface area contributed by atoms with Crippen LogP contribution in [0.3, 0.4) is 0 Å². The minimum absolute atomic E-state index is 0.0149. The fourth-order valence-corrected chi connectivity index (χ4v) is 1.96. The second kappa shape index (κ2) is 4.37. The first-order valence-electron chi connectivity index (χ1n) is 5.41. The van der Waals surface area contributed by atoms with Gasteiger partial charge in [0.25, 0.3) is 0 Å². The molecule has 0 amide bonds. The quantitative estimate of drug-likeness (QED) is 0.870. The van der Waals surface area contributed by atoms with Crippen molar-refractivity contribution in [3.63, 3.8) is 0 Å². The molecule has 0 saturated heterocycles. The summed E-state index contributed by atoms with van der Waals surface area (Å²) in [5.41, 5.74) is 6.45. The summed E-state index contributed by atoms with van der Waals surface area (Å²) in [7, 11) is 0. The van der Waals surface area contributed by atoms with Gasteiger partial charge in [0.15, 0.2) is 11.5 Å². The van der Waals surface area contributed by atoms with Crippen LogP contribution in [0.1, 0.15) is 25.5 Å². The molecule has 17 heavy (non-hydrogen) atoms. The van der Waals surface area contributed by atoms with Gasteiger partial charge in [-0.1, -0.05) is 25.4 Å². The van der Waals surface area contributed by atoms with Crippen LogP contribution in [0.4, 0.5) is 0 Å². The largest absolute Gasteiger partial charge is 0.454 e. The molecule has 0 saturated carbocycles. The first kappa shape index (κ1) is 12.5. The molecule has 0 aromatic heterocycles. The number of nitrogens with two attached hydrogens (primary N) is 1. The third kappa shape index (κ3) is 2.20. The molecular weight excluding hydrogens is 242 g/mol. The van der Waals surface area contributed by atoms with Crippen molar-refractivity contribution in [1.29, 1.82) is 0 Å². The van der Waals surface area contributed by atoms with E-state index in [1.807, 2.05) is 13.8 Å². The average molecular weight is 258 g/mol. The minimum Gasteiger partial charge on any atom is -0.454 e. The van der Waals surface area contributed by atoms with Crippen molar-refractivity contribution in [2.24, 2.45) is 11.1 Å². The molecule has 0 radical (unpaired) electrons. The molecule has 1 aliphatic heterocycles. The molecule has 0 fully saturated rings. The summed E-state index contributed by atoms with van der Waals surface area (Å²) in [6.45, 7) is 3.96. The maximum atomic E-state index is 9.33. The lowest BCUT2D eigenvalue weighted by molar-refractivity contribution is 0.132. The summed E-state index contributed by atoms with van der Waals surface area (Å²) in [6, 6.07) is 3.12. The second-order valence-corrected chi connectivity index (χ2v) is 5.26. The normalized spacial score (nSPS) is 16.1. The van der Waals surface area contributed by atoms with Crippen molar-refractivity contribution in [3.05, 3.63) is 22.7 Å². The van der Waals surface area contributed by atoms with Crippen molar-refractivity contribution in [2.45, 2.75) is 19.9 Å². The molecule has 1 aromatic carbocycles. The van der Waals surface area contributed by atoms with Crippen molar-refractivity contribution < 1.29 is 14.6 Å². The van der Waals surface area contributed by atoms with E-state index in [1.54, 1.807) is 12.1 Å². The van der Waals surface area contributed by atoms with E-state index in [2.05, 4.69) is 0 Å². The van der Waals surface area contributed by atoms with E-state index < -0.39 is 5.41 Å². The molecule has 4 nitrogen and oxygen atoms in total. The van der Waals surface area contributed by atoms with E-state index in [0.717, 1.165) is 5.56 Å². The van der Waals surface area contributed by atoms with Gasteiger partial charge in [-0.05, 0) is 11.6 Å². The highest BCUT2D eigenvalue weighted by Crippen LogP contribution is 2.42. The highest BCUT2D eigenvalue weighted by molar-refractivity contribution is 6.31. The van der Waals surface area contributed by atoms with E-state index in [4.69, 9.17) is 26.8 Å². The van der Waals surface area contributed by atoms with Crippen LogP contribution in [0.15, 0.2) is 12.1 Å². The van der Waals surface area contributed by atoms with Crippen LogP contribution >= 0.6 is 11.6 Å². The van der Waals surface area contributed by atoms with E-state index in [-0.39, 0.29) is 19.4 Å². The van der Waals surface area contributed by atoms with Gasteiger partial charge in [-0.2, -0.15) is 0 Å². The lowest BCUT2D eigenvalue weighted by Gasteiger charge is -2.30. The van der Waals surface area contributed by atoms with E-state index in [1.165, 1.54) is 0 Å². The Morgan fingerprint density at radius 3 is 2.59 bits per heavy atom. The van der Waals surface area contributed by atoms with E-state index >= 15 is 0 Å². The summed E-state index contributed by atoms with van der Waals surface area (Å²) in [6.07, 6.45) is 0. The summed E-state index contributed by atoms with van der Waals surface area (Å²) < 4.78 is 10.5. The Labute approximate surface area is 105 Å². The smallest absolute Gasteiger partial charge is 0.231 e. The van der Waals surface area contributed by atoms with Gasteiger partial charge in [-0.3, -0.25) is 0 Å². The fraction of sp³-hybridized carbons (Fsp3) is 0.500. The first-order chi connectivity index (χ1) is 7.95. The van der Waals surface area contributed by atoms with Gasteiger partial charge in [0.2, 0.25) is 6.79 Å². The van der Waals surface area contributed by atoms with Crippen molar-refractivity contribution in [1.82, 2.24) is 0 Å². The monoisotopic (exact) mass is 257 g/mol. The zero-order valence-electron chi connectivity index (χ0n) is 9.87. The molecule has 1 atom stereocenters. The van der Waals surface area contributed by atoms with Crippen LogP contribution in [0.25, 0.3) is 0 Å². The van der Waals surface area contributed by atoms with Gasteiger partial charge >= 0.3 is 0 Å². The summed E-state index contributed by atoms with van der Waals surface area (Å²) in [5.74, 6) is 1.28. The standard InChI is InChI=1S/C12H16ClNO3/c1-12(2,5-15)11(14)7-3-9-10(4-8(7)13)17-6-16-9/h3-4,11,15H,5-6,14H2,1-2H3/t11-/m1/s1. The molecule has 3 N–H and O–H groups in total. The highest BCUT2D eigenvalue weighted by Gasteiger charge is 2.30. The predicted octanol–water partition coefficient (Wildman–Crippen LogP) is 2.09. The molecule has 1 heterocycles. The highest BCUT2D eigenvalue weighted by atomic mass is 35.5. The molecule has 1 aliphatic rings. The van der Waals surface area contributed by atoms with Gasteiger partial charge in [0, 0.05) is 29.2 Å². The van der Waals surface area contributed by atoms with Crippen LogP contribution in [0.2, 0.25) is 5.02 Å². The number of rotatable bonds is 3. The summed E-state index contributed by atoms with van der Waals surface area (Å²) >= 11 is 6.17. The number of fused-ring (bicyclic) bond motifs is 1. The van der Waals surface area contributed by atoms with Gasteiger partial charge in [0.05, 0.1) is 0 Å². The molecule has 0 aliphatic carbocycles. The van der Waals surface area contributed by atoms with Crippen molar-refractivity contribution >= 4 is 11.6 Å². The van der Waals surface area contributed by atoms with Crippen molar-refractivity contribution in [3.8, 4) is 11.5 Å². The minimum atomic E-state index is -0.447. The van der Waals surface area contributed by atoms with E-state index in [0.29, 0.717) is 16.5 Å². The molecule has 5 heteroatoms. The molecule has 94 valence electrons. The number of halogens is 1. The van der Waals surface area contributed by atoms with Crippen LogP contribution in [-0.4, -0.2) is 18.5 Å². The number of ether oxygens (including phenoxy) is 2. The summed E-state index contributed by atoms with van der Waals surface area (Å²) in [5, 5.41) is 9.86. The maximum Gasteiger partial charge on any atom is 0.231 e. The molecule has 0 bridgehead atoms. The SMILES string of the molecule is CC(C)(CO)[C@H](N)c1cc2c(cc1Cl)OCO2. The Hall–Kier alpha value is -0.970. The topological polar surface area (TPSA) is 64.7 Å². The van der Waals surface area contributed by atoms with E-state index in [9.17, 15) is 5.11 Å². The first-order valence-corrected chi connectivity index (χ1v) is 5.79. The Kier molecular flexibility index (Phi) is 3.21. The zero-order valence-corrected chi connectivity index (χ0v) is 10.6. The number of aliphatic hydroxyl groups is 1. The van der Waals surface area contributed by atoms with Crippen LogP contribution in [0.5, 0.6) is 11.5 Å². The summed E-state index contributed by atoms with van der Waals surface area (Å²) in [4.78, 5) is 0. The van der Waals surface area contributed by atoms with Gasteiger partial charge in [-0.25, -0.2) is 0 Å². The third-order valence-electron chi connectivity index (χ3n) is 3.08. The number of hydrogen-bond acceptors (Lipinski definition) is 4. The van der Waals surface area contributed by atoms with Crippen LogP contribution < -0.4 is 15.2 Å². The molecule has 2 rings (SSSR count). The van der Waals surface area contributed by atoms with Crippen LogP contribution in [-0.2, 0) is 0 Å². The fourth-order valence-electron chi connectivity index (χ4n) is 1.69. The van der Waals surface area contributed by atoms with Gasteiger partial charge < -0.3 is 20.3 Å². The lowest BCUT2D eigenvalue weighted by atomic mass is 9.81. The Balaban J connectivity index is 2.39. The Morgan fingerprint density at radius 2 is 2.00 bits per heavy atom. The van der Waals surface area contributed by atoms with Gasteiger partial charge in [-0.15, -0.1) is 0 Å². The molecule has 0 spiro atoms. The Morgan fingerprint density at radius 1 is 1.41 bits per heavy atom. The molecule has 0 unspecified atom stereocenters. The Bertz CT molecular complexity index is 434. The number of hydrogen-bond donors (Lipinski definition) is 2.